The van der Waals surface area contributed by atoms with Crippen molar-refractivity contribution in [2.45, 2.75) is 45.8 Å². The van der Waals surface area contributed by atoms with Gasteiger partial charge in [-0.3, -0.25) is 4.79 Å². The number of amides is 1. The second-order valence-electron chi connectivity index (χ2n) is 4.54. The summed E-state index contributed by atoms with van der Waals surface area (Å²) in [5.74, 6) is -0.932. The van der Waals surface area contributed by atoms with Crippen molar-refractivity contribution in [3.05, 3.63) is 0 Å². The van der Waals surface area contributed by atoms with E-state index in [1.54, 1.807) is 27.7 Å². The molecule has 88 valence electrons. The standard InChI is InChI=1S/C10H19NO4/c1-7(6-8(12)13)11(5)9(14)15-10(2,3)4/h7H,6H2,1-5H3,(H,12,13)/t7-/m1/s1. The van der Waals surface area contributed by atoms with Crippen molar-refractivity contribution >= 4 is 12.1 Å². The molecule has 1 amide bonds. The Hall–Kier alpha value is -1.26. The number of carboxylic acids is 1. The van der Waals surface area contributed by atoms with Crippen LogP contribution in [0.3, 0.4) is 0 Å². The number of rotatable bonds is 3. The molecule has 5 nitrogen and oxygen atoms in total. The topological polar surface area (TPSA) is 66.8 Å². The molecule has 0 unspecified atom stereocenters. The average Bonchev–Trinajstić information content (AvgIpc) is 1.98. The molecule has 0 aromatic heterocycles. The predicted molar refractivity (Wildman–Crippen MR) is 55.7 cm³/mol. The van der Waals surface area contributed by atoms with Gasteiger partial charge in [-0.2, -0.15) is 0 Å². The number of carbonyl (C=O) groups excluding carboxylic acids is 1. The first kappa shape index (κ1) is 13.7. The molecule has 0 saturated carbocycles. The van der Waals surface area contributed by atoms with Crippen LogP contribution in [-0.4, -0.2) is 40.8 Å². The second-order valence-corrected chi connectivity index (χ2v) is 4.54. The zero-order valence-corrected chi connectivity index (χ0v) is 9.90. The molecule has 15 heavy (non-hydrogen) atoms. The van der Waals surface area contributed by atoms with Crippen LogP contribution < -0.4 is 0 Å². The van der Waals surface area contributed by atoms with Crippen LogP contribution >= 0.6 is 0 Å². The van der Waals surface area contributed by atoms with Crippen LogP contribution in [0.15, 0.2) is 0 Å². The maximum absolute atomic E-state index is 11.5. The van der Waals surface area contributed by atoms with Crippen molar-refractivity contribution in [1.29, 1.82) is 0 Å². The van der Waals surface area contributed by atoms with Gasteiger partial charge in [-0.05, 0) is 27.7 Å². The first-order valence-corrected chi connectivity index (χ1v) is 4.81. The quantitative estimate of drug-likeness (QED) is 0.781. The molecule has 0 aliphatic carbocycles. The van der Waals surface area contributed by atoms with Gasteiger partial charge in [0.1, 0.15) is 5.60 Å². The van der Waals surface area contributed by atoms with Crippen LogP contribution in [0.25, 0.3) is 0 Å². The monoisotopic (exact) mass is 217 g/mol. The van der Waals surface area contributed by atoms with E-state index < -0.39 is 17.7 Å². The molecule has 0 radical (unpaired) electrons. The third kappa shape index (κ3) is 5.93. The summed E-state index contributed by atoms with van der Waals surface area (Å²) >= 11 is 0. The second kappa shape index (κ2) is 5.00. The lowest BCUT2D eigenvalue weighted by Gasteiger charge is -2.27. The predicted octanol–water partition coefficient (Wildman–Crippen LogP) is 1.72. The first-order valence-electron chi connectivity index (χ1n) is 4.81. The zero-order valence-electron chi connectivity index (χ0n) is 9.90. The van der Waals surface area contributed by atoms with E-state index in [0.717, 1.165) is 0 Å². The maximum atomic E-state index is 11.5. The van der Waals surface area contributed by atoms with Gasteiger partial charge in [-0.25, -0.2) is 4.79 Å². The van der Waals surface area contributed by atoms with Gasteiger partial charge in [-0.15, -0.1) is 0 Å². The Bertz CT molecular complexity index is 244. The third-order valence-corrected chi connectivity index (χ3v) is 1.81. The van der Waals surface area contributed by atoms with E-state index in [0.29, 0.717) is 0 Å². The highest BCUT2D eigenvalue weighted by molar-refractivity contribution is 5.71. The Morgan fingerprint density at radius 3 is 2.20 bits per heavy atom. The molecule has 1 atom stereocenters. The summed E-state index contributed by atoms with van der Waals surface area (Å²) in [5, 5.41) is 8.57. The van der Waals surface area contributed by atoms with Crippen LogP contribution in [0.1, 0.15) is 34.1 Å². The van der Waals surface area contributed by atoms with E-state index in [4.69, 9.17) is 9.84 Å². The number of carbonyl (C=O) groups is 2. The summed E-state index contributed by atoms with van der Waals surface area (Å²) in [4.78, 5) is 23.2. The fraction of sp³-hybridized carbons (Fsp3) is 0.800. The number of nitrogens with zero attached hydrogens (tertiary/aromatic N) is 1. The molecule has 0 aromatic carbocycles. The van der Waals surface area contributed by atoms with E-state index in [2.05, 4.69) is 0 Å². The molecule has 0 fully saturated rings. The first-order chi connectivity index (χ1) is 6.63. The number of ether oxygens (including phenoxy) is 1. The Kier molecular flexibility index (Phi) is 4.58. The summed E-state index contributed by atoms with van der Waals surface area (Å²) in [7, 11) is 1.53. The molecule has 0 saturated heterocycles. The molecule has 1 N–H and O–H groups in total. The maximum Gasteiger partial charge on any atom is 0.410 e. The van der Waals surface area contributed by atoms with Gasteiger partial charge in [0.25, 0.3) is 0 Å². The highest BCUT2D eigenvalue weighted by atomic mass is 16.6. The summed E-state index contributed by atoms with van der Waals surface area (Å²) in [6.07, 6.45) is -0.591. The van der Waals surface area contributed by atoms with Crippen molar-refractivity contribution in [3.8, 4) is 0 Å². The fourth-order valence-electron chi connectivity index (χ4n) is 0.904. The van der Waals surface area contributed by atoms with Crippen molar-refractivity contribution in [1.82, 2.24) is 4.90 Å². The zero-order chi connectivity index (χ0) is 12.2. The van der Waals surface area contributed by atoms with Crippen LogP contribution in [0.2, 0.25) is 0 Å². The van der Waals surface area contributed by atoms with Gasteiger partial charge in [0.2, 0.25) is 0 Å². The van der Waals surface area contributed by atoms with Crippen molar-refractivity contribution in [2.75, 3.05) is 7.05 Å². The van der Waals surface area contributed by atoms with E-state index in [1.165, 1.54) is 11.9 Å². The lowest BCUT2D eigenvalue weighted by molar-refractivity contribution is -0.138. The molecule has 0 bridgehead atoms. The summed E-state index contributed by atoms with van der Waals surface area (Å²) in [6.45, 7) is 6.96. The molecule has 0 aliphatic rings. The highest BCUT2D eigenvalue weighted by Gasteiger charge is 2.23. The Labute approximate surface area is 90.0 Å². The molecule has 0 aliphatic heterocycles. The number of carboxylic acid groups (broad SMARTS) is 1. The minimum atomic E-state index is -0.932. The number of aliphatic carboxylic acids is 1. The van der Waals surface area contributed by atoms with Crippen molar-refractivity contribution in [3.63, 3.8) is 0 Å². The van der Waals surface area contributed by atoms with E-state index >= 15 is 0 Å². The van der Waals surface area contributed by atoms with Crippen molar-refractivity contribution in [2.24, 2.45) is 0 Å². The molecular weight excluding hydrogens is 198 g/mol. The normalized spacial score (nSPS) is 13.1. The van der Waals surface area contributed by atoms with Crippen molar-refractivity contribution < 1.29 is 19.4 Å². The SMILES string of the molecule is C[C@H](CC(=O)O)N(C)C(=O)OC(C)(C)C. The van der Waals surface area contributed by atoms with Crippen LogP contribution in [0.5, 0.6) is 0 Å². The van der Waals surface area contributed by atoms with E-state index in [-0.39, 0.29) is 12.5 Å². The van der Waals surface area contributed by atoms with Gasteiger partial charge in [-0.1, -0.05) is 0 Å². The molecule has 0 heterocycles. The molecule has 0 aromatic rings. The van der Waals surface area contributed by atoms with Gasteiger partial charge in [0, 0.05) is 13.1 Å². The van der Waals surface area contributed by atoms with Gasteiger partial charge >= 0.3 is 12.1 Å². The molecular formula is C10H19NO4. The Morgan fingerprint density at radius 1 is 1.40 bits per heavy atom. The van der Waals surface area contributed by atoms with E-state index in [9.17, 15) is 9.59 Å². The van der Waals surface area contributed by atoms with Crippen LogP contribution in [0, 0.1) is 0 Å². The lowest BCUT2D eigenvalue weighted by atomic mass is 10.2. The number of hydrogen-bond acceptors (Lipinski definition) is 3. The average molecular weight is 217 g/mol. The Morgan fingerprint density at radius 2 is 1.87 bits per heavy atom. The minimum absolute atomic E-state index is 0.0876. The third-order valence-electron chi connectivity index (χ3n) is 1.81. The van der Waals surface area contributed by atoms with Gasteiger partial charge < -0.3 is 14.7 Å². The summed E-state index contributed by atoms with van der Waals surface area (Å²) in [6, 6.07) is -0.377. The summed E-state index contributed by atoms with van der Waals surface area (Å²) in [5.41, 5.74) is -0.561. The van der Waals surface area contributed by atoms with Crippen LogP contribution in [0.4, 0.5) is 4.79 Å². The Balaban J connectivity index is 4.25. The largest absolute Gasteiger partial charge is 0.481 e. The number of hydrogen-bond donors (Lipinski definition) is 1. The van der Waals surface area contributed by atoms with Gasteiger partial charge in [0.15, 0.2) is 0 Å². The highest BCUT2D eigenvalue weighted by Crippen LogP contribution is 2.11. The lowest BCUT2D eigenvalue weighted by Crippen LogP contribution is -2.40. The molecule has 0 rings (SSSR count). The minimum Gasteiger partial charge on any atom is -0.481 e. The smallest absolute Gasteiger partial charge is 0.410 e. The molecule has 5 heteroatoms. The summed E-state index contributed by atoms with van der Waals surface area (Å²) < 4.78 is 5.10. The fourth-order valence-corrected chi connectivity index (χ4v) is 0.904. The van der Waals surface area contributed by atoms with Crippen LogP contribution in [-0.2, 0) is 9.53 Å². The molecule has 0 spiro atoms. The van der Waals surface area contributed by atoms with Gasteiger partial charge in [0.05, 0.1) is 6.42 Å². The van der Waals surface area contributed by atoms with E-state index in [1.807, 2.05) is 0 Å².